The molecular formula is C11H9ClF3NO4. The van der Waals surface area contributed by atoms with Crippen LogP contribution in [0.3, 0.4) is 0 Å². The summed E-state index contributed by atoms with van der Waals surface area (Å²) in [5.41, 5.74) is -0.252. The Morgan fingerprint density at radius 2 is 2.00 bits per heavy atom. The summed E-state index contributed by atoms with van der Waals surface area (Å²) in [6.45, 7) is -2.41. The molecule has 0 saturated heterocycles. The SMILES string of the molecule is O=C(COC(=O)c1ccc(Cl)cc1O)NCC(F)(F)F. The number of esters is 1. The average Bonchev–Trinajstić information content (AvgIpc) is 2.32. The fourth-order valence-corrected chi connectivity index (χ4v) is 1.30. The van der Waals surface area contributed by atoms with Gasteiger partial charge in [0.25, 0.3) is 5.91 Å². The van der Waals surface area contributed by atoms with Crippen LogP contribution in [0.5, 0.6) is 5.75 Å². The highest BCUT2D eigenvalue weighted by Gasteiger charge is 2.27. The number of phenolic OH excluding ortho intramolecular Hbond substituents is 1. The number of rotatable bonds is 4. The van der Waals surface area contributed by atoms with E-state index in [2.05, 4.69) is 4.74 Å². The molecule has 1 aromatic carbocycles. The molecule has 0 aromatic heterocycles. The molecule has 20 heavy (non-hydrogen) atoms. The number of alkyl halides is 3. The first-order valence-electron chi connectivity index (χ1n) is 5.18. The van der Waals surface area contributed by atoms with E-state index >= 15 is 0 Å². The van der Waals surface area contributed by atoms with E-state index in [-0.39, 0.29) is 10.6 Å². The quantitative estimate of drug-likeness (QED) is 0.833. The third kappa shape index (κ3) is 5.35. The maximum absolute atomic E-state index is 11.8. The number of halogens is 4. The summed E-state index contributed by atoms with van der Waals surface area (Å²) >= 11 is 5.55. The van der Waals surface area contributed by atoms with Gasteiger partial charge in [0.15, 0.2) is 6.61 Å². The minimum absolute atomic E-state index is 0.182. The van der Waals surface area contributed by atoms with Crippen molar-refractivity contribution in [1.82, 2.24) is 5.32 Å². The van der Waals surface area contributed by atoms with E-state index in [1.54, 1.807) is 0 Å². The van der Waals surface area contributed by atoms with Gasteiger partial charge in [0.05, 0.1) is 0 Å². The van der Waals surface area contributed by atoms with Crippen molar-refractivity contribution in [2.45, 2.75) is 6.18 Å². The van der Waals surface area contributed by atoms with E-state index in [0.29, 0.717) is 0 Å². The number of hydrogen-bond donors (Lipinski definition) is 2. The van der Waals surface area contributed by atoms with Crippen molar-refractivity contribution in [2.24, 2.45) is 0 Å². The van der Waals surface area contributed by atoms with Crippen LogP contribution in [0.25, 0.3) is 0 Å². The Morgan fingerprint density at radius 1 is 1.35 bits per heavy atom. The van der Waals surface area contributed by atoms with Crippen molar-refractivity contribution in [1.29, 1.82) is 0 Å². The molecule has 0 saturated carbocycles. The third-order valence-electron chi connectivity index (χ3n) is 2.00. The van der Waals surface area contributed by atoms with E-state index < -0.39 is 37.0 Å². The summed E-state index contributed by atoms with van der Waals surface area (Å²) in [5, 5.41) is 11.1. The van der Waals surface area contributed by atoms with Gasteiger partial charge in [-0.05, 0) is 18.2 Å². The van der Waals surface area contributed by atoms with Gasteiger partial charge < -0.3 is 15.2 Å². The Bertz CT molecular complexity index is 519. The molecule has 0 unspecified atom stereocenters. The summed E-state index contributed by atoms with van der Waals surface area (Å²) in [7, 11) is 0. The Labute approximate surface area is 116 Å². The van der Waals surface area contributed by atoms with Crippen molar-refractivity contribution >= 4 is 23.5 Å². The molecule has 0 bridgehead atoms. The summed E-state index contributed by atoms with van der Waals surface area (Å²) in [6, 6.07) is 3.55. The maximum atomic E-state index is 11.8. The van der Waals surface area contributed by atoms with Crippen LogP contribution in [0.15, 0.2) is 18.2 Å². The molecule has 1 amide bonds. The van der Waals surface area contributed by atoms with Crippen LogP contribution in [-0.4, -0.2) is 36.3 Å². The molecule has 0 fully saturated rings. The van der Waals surface area contributed by atoms with E-state index in [4.69, 9.17) is 11.6 Å². The minimum atomic E-state index is -4.55. The largest absolute Gasteiger partial charge is 0.507 e. The molecule has 0 heterocycles. The van der Waals surface area contributed by atoms with Gasteiger partial charge in [-0.1, -0.05) is 11.6 Å². The van der Waals surface area contributed by atoms with Crippen molar-refractivity contribution in [2.75, 3.05) is 13.2 Å². The topological polar surface area (TPSA) is 75.6 Å². The first kappa shape index (κ1) is 16.1. The van der Waals surface area contributed by atoms with Gasteiger partial charge in [0.1, 0.15) is 17.9 Å². The van der Waals surface area contributed by atoms with Gasteiger partial charge in [-0.3, -0.25) is 4.79 Å². The standard InChI is InChI=1S/C11H9ClF3NO4/c12-6-1-2-7(8(17)3-6)10(19)20-4-9(18)16-5-11(13,14)15/h1-3,17H,4-5H2,(H,16,18). The van der Waals surface area contributed by atoms with Crippen LogP contribution >= 0.6 is 11.6 Å². The number of nitrogens with one attached hydrogen (secondary N) is 1. The Hall–Kier alpha value is -1.96. The van der Waals surface area contributed by atoms with Crippen LogP contribution in [0.4, 0.5) is 13.2 Å². The zero-order chi connectivity index (χ0) is 15.3. The van der Waals surface area contributed by atoms with Gasteiger partial charge in [-0.25, -0.2) is 4.79 Å². The molecule has 5 nitrogen and oxygen atoms in total. The molecule has 0 atom stereocenters. The van der Waals surface area contributed by atoms with Crippen LogP contribution < -0.4 is 5.32 Å². The third-order valence-corrected chi connectivity index (χ3v) is 2.24. The maximum Gasteiger partial charge on any atom is 0.405 e. The number of carbonyl (C=O) groups is 2. The molecule has 0 radical (unpaired) electrons. The lowest BCUT2D eigenvalue weighted by Gasteiger charge is -2.09. The molecule has 1 rings (SSSR count). The van der Waals surface area contributed by atoms with Crippen molar-refractivity contribution in [3.63, 3.8) is 0 Å². The van der Waals surface area contributed by atoms with E-state index in [9.17, 15) is 27.9 Å². The Kier molecular flexibility index (Phi) is 5.20. The number of carbonyl (C=O) groups excluding carboxylic acids is 2. The number of amides is 1. The van der Waals surface area contributed by atoms with Crippen molar-refractivity contribution < 1.29 is 32.6 Å². The molecule has 0 aliphatic rings. The van der Waals surface area contributed by atoms with Crippen LogP contribution in [-0.2, 0) is 9.53 Å². The number of aromatic hydroxyl groups is 1. The van der Waals surface area contributed by atoms with Gasteiger partial charge in [-0.2, -0.15) is 13.2 Å². The highest BCUT2D eigenvalue weighted by Crippen LogP contribution is 2.22. The van der Waals surface area contributed by atoms with Gasteiger partial charge >= 0.3 is 12.1 Å². The highest BCUT2D eigenvalue weighted by molar-refractivity contribution is 6.30. The second kappa shape index (κ2) is 6.47. The first-order valence-corrected chi connectivity index (χ1v) is 5.56. The van der Waals surface area contributed by atoms with E-state index in [0.717, 1.165) is 12.1 Å². The lowest BCUT2D eigenvalue weighted by Crippen LogP contribution is -2.36. The van der Waals surface area contributed by atoms with Gasteiger partial charge in [0, 0.05) is 5.02 Å². The molecule has 1 aromatic rings. The first-order chi connectivity index (χ1) is 9.19. The van der Waals surface area contributed by atoms with Crippen molar-refractivity contribution in [3.8, 4) is 5.75 Å². The van der Waals surface area contributed by atoms with E-state index in [1.165, 1.54) is 11.4 Å². The molecule has 0 spiro atoms. The molecule has 110 valence electrons. The average molecular weight is 312 g/mol. The molecule has 0 aliphatic heterocycles. The Balaban J connectivity index is 2.49. The fraction of sp³-hybridized carbons (Fsp3) is 0.273. The second-order valence-electron chi connectivity index (χ2n) is 3.63. The fourth-order valence-electron chi connectivity index (χ4n) is 1.14. The van der Waals surface area contributed by atoms with Crippen molar-refractivity contribution in [3.05, 3.63) is 28.8 Å². The van der Waals surface area contributed by atoms with Gasteiger partial charge in [-0.15, -0.1) is 0 Å². The normalized spacial score (nSPS) is 11.0. The summed E-state index contributed by atoms with van der Waals surface area (Å²) in [4.78, 5) is 22.4. The van der Waals surface area contributed by atoms with Crippen LogP contribution in [0, 0.1) is 0 Å². The predicted molar refractivity (Wildman–Crippen MR) is 62.5 cm³/mol. The summed E-state index contributed by atoms with van der Waals surface area (Å²) in [6.07, 6.45) is -4.55. The molecular weight excluding hydrogens is 303 g/mol. The molecule has 9 heteroatoms. The smallest absolute Gasteiger partial charge is 0.405 e. The summed E-state index contributed by atoms with van der Waals surface area (Å²) < 4.78 is 39.9. The molecule has 0 aliphatic carbocycles. The minimum Gasteiger partial charge on any atom is -0.507 e. The Morgan fingerprint density at radius 3 is 2.55 bits per heavy atom. The summed E-state index contributed by atoms with van der Waals surface area (Å²) in [5.74, 6) is -2.62. The lowest BCUT2D eigenvalue weighted by atomic mass is 10.2. The zero-order valence-corrected chi connectivity index (χ0v) is 10.6. The number of hydrogen-bond acceptors (Lipinski definition) is 4. The van der Waals surface area contributed by atoms with E-state index in [1.807, 2.05) is 0 Å². The lowest BCUT2D eigenvalue weighted by molar-refractivity contribution is -0.140. The molecule has 2 N–H and O–H groups in total. The number of benzene rings is 1. The number of phenols is 1. The highest BCUT2D eigenvalue weighted by atomic mass is 35.5. The van der Waals surface area contributed by atoms with Crippen LogP contribution in [0.1, 0.15) is 10.4 Å². The zero-order valence-electron chi connectivity index (χ0n) is 9.83. The second-order valence-corrected chi connectivity index (χ2v) is 4.07. The van der Waals surface area contributed by atoms with Crippen LogP contribution in [0.2, 0.25) is 5.02 Å². The predicted octanol–water partition coefficient (Wildman–Crippen LogP) is 1.88. The number of ether oxygens (including phenoxy) is 1. The monoisotopic (exact) mass is 311 g/mol. The van der Waals surface area contributed by atoms with Gasteiger partial charge in [0.2, 0.25) is 0 Å².